The molecule has 0 saturated heterocycles. The van der Waals surface area contributed by atoms with Crippen LogP contribution in [0.4, 0.5) is 8.78 Å². The molecule has 4 heteroatoms. The minimum absolute atomic E-state index is 0.138. The van der Waals surface area contributed by atoms with E-state index >= 15 is 0 Å². The second kappa shape index (κ2) is 11.6. The molecule has 152 valence electrons. The number of phenols is 1. The Morgan fingerprint density at radius 1 is 1.00 bits per heavy atom. The van der Waals surface area contributed by atoms with Gasteiger partial charge in [0.25, 0.3) is 0 Å². The minimum atomic E-state index is -1.22. The zero-order valence-electron chi connectivity index (χ0n) is 16.8. The molecule has 28 heavy (non-hydrogen) atoms. The predicted molar refractivity (Wildman–Crippen MR) is 111 cm³/mol. The van der Waals surface area contributed by atoms with Crippen molar-refractivity contribution in [2.45, 2.75) is 58.5 Å². The highest BCUT2D eigenvalue weighted by molar-refractivity contribution is 5.67. The van der Waals surface area contributed by atoms with Gasteiger partial charge in [-0.05, 0) is 55.9 Å². The Morgan fingerprint density at radius 2 is 1.75 bits per heavy atom. The summed E-state index contributed by atoms with van der Waals surface area (Å²) in [6.45, 7) is 5.16. The summed E-state index contributed by atoms with van der Waals surface area (Å²) in [6.07, 6.45) is 11.1. The fourth-order valence-corrected chi connectivity index (χ4v) is 3.00. The molecule has 0 radical (unpaired) electrons. The molecule has 1 atom stereocenters. The van der Waals surface area contributed by atoms with Crippen molar-refractivity contribution >= 4 is 6.08 Å². The summed E-state index contributed by atoms with van der Waals surface area (Å²) in [5, 5.41) is 9.22. The molecule has 0 amide bonds. The molecule has 0 bridgehead atoms. The van der Waals surface area contributed by atoms with Crippen molar-refractivity contribution in [3.8, 4) is 16.9 Å². The van der Waals surface area contributed by atoms with Gasteiger partial charge < -0.3 is 9.84 Å². The Balaban J connectivity index is 1.79. The van der Waals surface area contributed by atoms with Crippen molar-refractivity contribution in [1.82, 2.24) is 0 Å². The van der Waals surface area contributed by atoms with E-state index in [-0.39, 0.29) is 5.56 Å². The summed E-state index contributed by atoms with van der Waals surface area (Å²) in [5.41, 5.74) is 1.72. The zero-order valence-corrected chi connectivity index (χ0v) is 16.8. The smallest absolute Gasteiger partial charge is 0.200 e. The molecular formula is C24H30F2O2. The topological polar surface area (TPSA) is 29.5 Å². The molecule has 2 nitrogen and oxygen atoms in total. The molecule has 0 spiro atoms. The van der Waals surface area contributed by atoms with E-state index in [4.69, 9.17) is 4.74 Å². The summed E-state index contributed by atoms with van der Waals surface area (Å²) in [5.74, 6) is -2.93. The van der Waals surface area contributed by atoms with E-state index in [0.29, 0.717) is 11.7 Å². The number of benzene rings is 2. The standard InChI is InChI=1S/C24H30F2O2/c1-3-4-8-17-28-18(2)9-6-5-7-10-19-11-13-20(14-12-19)21-15-16-22(27)24(26)23(21)25/h7,10-16,18,27H,3-6,8-9,17H2,1-2H3. The number of unbranched alkanes of at least 4 members (excludes halogenated alkanes) is 3. The molecule has 0 aliphatic carbocycles. The highest BCUT2D eigenvalue weighted by Crippen LogP contribution is 2.29. The van der Waals surface area contributed by atoms with E-state index in [0.717, 1.165) is 43.9 Å². The summed E-state index contributed by atoms with van der Waals surface area (Å²) in [4.78, 5) is 0. The van der Waals surface area contributed by atoms with Gasteiger partial charge in [-0.25, -0.2) is 4.39 Å². The molecule has 2 aromatic rings. The van der Waals surface area contributed by atoms with Crippen LogP contribution in [0, 0.1) is 11.6 Å². The lowest BCUT2D eigenvalue weighted by atomic mass is 10.0. The van der Waals surface area contributed by atoms with E-state index in [2.05, 4.69) is 19.9 Å². The van der Waals surface area contributed by atoms with Crippen LogP contribution in [0.3, 0.4) is 0 Å². The lowest BCUT2D eigenvalue weighted by Gasteiger charge is -2.12. The van der Waals surface area contributed by atoms with Crippen LogP contribution in [0.15, 0.2) is 42.5 Å². The zero-order chi connectivity index (χ0) is 20.4. The van der Waals surface area contributed by atoms with Gasteiger partial charge in [0.2, 0.25) is 5.82 Å². The third-order valence-electron chi connectivity index (χ3n) is 4.73. The van der Waals surface area contributed by atoms with E-state index in [1.165, 1.54) is 18.9 Å². The van der Waals surface area contributed by atoms with E-state index in [9.17, 15) is 13.9 Å². The SMILES string of the molecule is CCCCCOC(C)CCCC=Cc1ccc(-c2ccc(O)c(F)c2F)cc1. The van der Waals surface area contributed by atoms with Crippen LogP contribution in [0.5, 0.6) is 5.75 Å². The largest absolute Gasteiger partial charge is 0.505 e. The number of rotatable bonds is 11. The monoisotopic (exact) mass is 388 g/mol. The Bertz CT molecular complexity index is 754. The Kier molecular flexibility index (Phi) is 9.15. The molecule has 0 heterocycles. The highest BCUT2D eigenvalue weighted by Gasteiger charge is 2.13. The molecular weight excluding hydrogens is 358 g/mol. The second-order valence-electron chi connectivity index (χ2n) is 7.10. The number of ether oxygens (including phenoxy) is 1. The van der Waals surface area contributed by atoms with Crippen molar-refractivity contribution in [1.29, 1.82) is 0 Å². The molecule has 2 aromatic carbocycles. The predicted octanol–water partition coefficient (Wildman–Crippen LogP) is 7.12. The van der Waals surface area contributed by atoms with Crippen LogP contribution in [0.25, 0.3) is 17.2 Å². The lowest BCUT2D eigenvalue weighted by Crippen LogP contribution is -2.08. The molecule has 0 fully saturated rings. The summed E-state index contributed by atoms with van der Waals surface area (Å²) >= 11 is 0. The van der Waals surface area contributed by atoms with Crippen LogP contribution >= 0.6 is 0 Å². The molecule has 0 aliphatic rings. The van der Waals surface area contributed by atoms with Gasteiger partial charge in [-0.15, -0.1) is 0 Å². The Morgan fingerprint density at radius 3 is 2.46 bits per heavy atom. The number of allylic oxidation sites excluding steroid dienone is 1. The fraction of sp³-hybridized carbons (Fsp3) is 0.417. The lowest BCUT2D eigenvalue weighted by molar-refractivity contribution is 0.0566. The molecule has 0 aromatic heterocycles. The quantitative estimate of drug-likeness (QED) is 0.415. The van der Waals surface area contributed by atoms with Crippen molar-refractivity contribution in [2.24, 2.45) is 0 Å². The van der Waals surface area contributed by atoms with Crippen molar-refractivity contribution in [3.05, 3.63) is 59.7 Å². The number of hydrogen-bond donors (Lipinski definition) is 1. The van der Waals surface area contributed by atoms with Crippen molar-refractivity contribution in [3.63, 3.8) is 0 Å². The Labute approximate surface area is 166 Å². The van der Waals surface area contributed by atoms with Crippen LogP contribution < -0.4 is 0 Å². The van der Waals surface area contributed by atoms with Gasteiger partial charge in [0, 0.05) is 12.2 Å². The fourth-order valence-electron chi connectivity index (χ4n) is 3.00. The first-order chi connectivity index (χ1) is 13.5. The maximum absolute atomic E-state index is 14.0. The maximum atomic E-state index is 14.0. The molecule has 2 rings (SSSR count). The Hall–Kier alpha value is -2.20. The van der Waals surface area contributed by atoms with Crippen LogP contribution in [0.2, 0.25) is 0 Å². The van der Waals surface area contributed by atoms with Gasteiger partial charge in [-0.2, -0.15) is 4.39 Å². The maximum Gasteiger partial charge on any atom is 0.200 e. The summed E-state index contributed by atoms with van der Waals surface area (Å²) < 4.78 is 33.3. The second-order valence-corrected chi connectivity index (χ2v) is 7.10. The number of hydrogen-bond acceptors (Lipinski definition) is 2. The van der Waals surface area contributed by atoms with Crippen molar-refractivity contribution in [2.75, 3.05) is 6.61 Å². The molecule has 0 saturated carbocycles. The average molecular weight is 388 g/mol. The first-order valence-electron chi connectivity index (χ1n) is 10.1. The van der Waals surface area contributed by atoms with E-state index < -0.39 is 17.4 Å². The van der Waals surface area contributed by atoms with Gasteiger partial charge in [0.05, 0.1) is 6.10 Å². The summed E-state index contributed by atoms with van der Waals surface area (Å²) in [7, 11) is 0. The van der Waals surface area contributed by atoms with Crippen molar-refractivity contribution < 1.29 is 18.6 Å². The van der Waals surface area contributed by atoms with Gasteiger partial charge in [-0.1, -0.05) is 56.2 Å². The van der Waals surface area contributed by atoms with Gasteiger partial charge in [-0.3, -0.25) is 0 Å². The first-order valence-corrected chi connectivity index (χ1v) is 10.1. The van der Waals surface area contributed by atoms with Crippen LogP contribution in [-0.2, 0) is 4.74 Å². The van der Waals surface area contributed by atoms with Crippen LogP contribution in [-0.4, -0.2) is 17.8 Å². The van der Waals surface area contributed by atoms with Gasteiger partial charge >= 0.3 is 0 Å². The number of phenolic OH excluding ortho intramolecular Hbond substituents is 1. The van der Waals surface area contributed by atoms with E-state index in [1.54, 1.807) is 12.1 Å². The molecule has 1 unspecified atom stereocenters. The summed E-state index contributed by atoms with van der Waals surface area (Å²) in [6, 6.07) is 9.78. The van der Waals surface area contributed by atoms with Gasteiger partial charge in [0.1, 0.15) is 0 Å². The highest BCUT2D eigenvalue weighted by atomic mass is 19.2. The van der Waals surface area contributed by atoms with Gasteiger partial charge in [0.15, 0.2) is 11.6 Å². The van der Waals surface area contributed by atoms with Crippen LogP contribution in [0.1, 0.15) is 57.9 Å². The molecule has 1 N–H and O–H groups in total. The third-order valence-corrected chi connectivity index (χ3v) is 4.73. The third kappa shape index (κ3) is 6.75. The minimum Gasteiger partial charge on any atom is -0.505 e. The van der Waals surface area contributed by atoms with E-state index in [1.807, 2.05) is 18.2 Å². The average Bonchev–Trinajstić information content (AvgIpc) is 2.70. The molecule has 0 aliphatic heterocycles. The number of halogens is 2. The first kappa shape index (κ1) is 22.1. The number of aromatic hydroxyl groups is 1. The normalized spacial score (nSPS) is 12.6.